The number of carboxylic acid groups (broad SMARTS) is 1. The molecule has 0 aromatic heterocycles. The van der Waals surface area contributed by atoms with Crippen LogP contribution in [-0.4, -0.2) is 17.0 Å². The third kappa shape index (κ3) is 15.2. The minimum atomic E-state index is -0.986. The summed E-state index contributed by atoms with van der Waals surface area (Å²) in [6, 6.07) is 0. The van der Waals surface area contributed by atoms with Gasteiger partial charge in [-0.1, -0.05) is 26.2 Å². The average molecular weight is 284 g/mol. The average Bonchev–Trinajstić information content (AvgIpc) is 2.25. The van der Waals surface area contributed by atoms with Gasteiger partial charge in [-0.25, -0.2) is 0 Å². The van der Waals surface area contributed by atoms with Crippen molar-refractivity contribution < 1.29 is 36.5 Å². The number of unbranched alkanes of at least 4 members (excludes halogenated alkanes) is 4. The van der Waals surface area contributed by atoms with Crippen molar-refractivity contribution in [1.29, 1.82) is 0 Å². The third-order valence-electron chi connectivity index (χ3n) is 2.06. The summed E-state index contributed by atoms with van der Waals surface area (Å²) < 4.78 is 4.72. The molecule has 0 aromatic rings. The maximum absolute atomic E-state index is 10.9. The number of carbonyl (C=O) groups is 2. The van der Waals surface area contributed by atoms with Gasteiger partial charge in [-0.3, -0.25) is 9.59 Å². The summed E-state index contributed by atoms with van der Waals surface area (Å²) in [5.41, 5.74) is 0. The van der Waals surface area contributed by atoms with Gasteiger partial charge in [0.2, 0.25) is 0 Å². The van der Waals surface area contributed by atoms with Crippen LogP contribution in [0.15, 0.2) is 12.3 Å². The first-order chi connectivity index (χ1) is 7.66. The van der Waals surface area contributed by atoms with E-state index in [9.17, 15) is 9.59 Å². The summed E-state index contributed by atoms with van der Waals surface area (Å²) >= 11 is 0. The van der Waals surface area contributed by atoms with E-state index in [0.717, 1.165) is 12.8 Å². The summed E-state index contributed by atoms with van der Waals surface area (Å²) in [4.78, 5) is 21.1. The fourth-order valence-electron chi connectivity index (χ4n) is 1.15. The molecule has 0 radical (unpaired) electrons. The topological polar surface area (TPSA) is 63.6 Å². The number of hydrogen-bond donors (Lipinski definition) is 1. The molecule has 0 heterocycles. The molecule has 0 unspecified atom stereocenters. The van der Waals surface area contributed by atoms with Gasteiger partial charge < -0.3 is 9.84 Å². The van der Waals surface area contributed by atoms with Crippen molar-refractivity contribution in [3.8, 4) is 0 Å². The van der Waals surface area contributed by atoms with Gasteiger partial charge in [0.05, 0.1) is 19.1 Å². The number of ether oxygens (including phenoxy) is 1. The molecule has 0 spiro atoms. The van der Waals surface area contributed by atoms with Gasteiger partial charge in [-0.05, 0) is 18.9 Å². The van der Waals surface area contributed by atoms with Crippen molar-refractivity contribution in [3.05, 3.63) is 12.3 Å². The van der Waals surface area contributed by atoms with Gasteiger partial charge in [0.15, 0.2) is 0 Å². The van der Waals surface area contributed by atoms with E-state index in [1.165, 1.54) is 25.5 Å². The SMILES string of the molecule is CCCCCCC=COC(=O)CCC(=O)O.[Fe]. The van der Waals surface area contributed by atoms with Crippen LogP contribution in [0.25, 0.3) is 0 Å². The molecule has 5 heteroatoms. The standard InChI is InChI=1S/C12H20O4.Fe/c1-2-3-4-5-6-7-10-16-12(15)9-8-11(13)14;/h7,10H,2-6,8-9H2,1H3,(H,13,14);. The van der Waals surface area contributed by atoms with E-state index in [0.29, 0.717) is 0 Å². The molecule has 0 bridgehead atoms. The second-order valence-electron chi connectivity index (χ2n) is 3.60. The molecule has 0 aliphatic heterocycles. The van der Waals surface area contributed by atoms with E-state index < -0.39 is 11.9 Å². The second kappa shape index (κ2) is 13.3. The van der Waals surface area contributed by atoms with E-state index in [1.807, 2.05) is 0 Å². The summed E-state index contributed by atoms with van der Waals surface area (Å²) in [7, 11) is 0. The van der Waals surface area contributed by atoms with Gasteiger partial charge in [-0.2, -0.15) is 0 Å². The van der Waals surface area contributed by atoms with Crippen LogP contribution in [0.4, 0.5) is 0 Å². The van der Waals surface area contributed by atoms with Gasteiger partial charge in [-0.15, -0.1) is 0 Å². The van der Waals surface area contributed by atoms with E-state index in [-0.39, 0.29) is 29.9 Å². The molecule has 0 rings (SSSR count). The van der Waals surface area contributed by atoms with E-state index in [4.69, 9.17) is 9.84 Å². The van der Waals surface area contributed by atoms with Gasteiger partial charge in [0.1, 0.15) is 0 Å². The van der Waals surface area contributed by atoms with Crippen molar-refractivity contribution >= 4 is 11.9 Å². The Morgan fingerprint density at radius 2 is 1.88 bits per heavy atom. The molecule has 0 aromatic carbocycles. The van der Waals surface area contributed by atoms with Crippen LogP contribution in [-0.2, 0) is 31.4 Å². The van der Waals surface area contributed by atoms with Crippen molar-refractivity contribution in [3.63, 3.8) is 0 Å². The fraction of sp³-hybridized carbons (Fsp3) is 0.667. The quantitative estimate of drug-likeness (QED) is 0.306. The van der Waals surface area contributed by atoms with Crippen LogP contribution >= 0.6 is 0 Å². The zero-order valence-electron chi connectivity index (χ0n) is 10.1. The molecule has 0 aliphatic rings. The molecule has 0 aliphatic carbocycles. The zero-order chi connectivity index (χ0) is 12.2. The molecule has 4 nitrogen and oxygen atoms in total. The van der Waals surface area contributed by atoms with Gasteiger partial charge >= 0.3 is 11.9 Å². The Morgan fingerprint density at radius 3 is 2.47 bits per heavy atom. The first-order valence-corrected chi connectivity index (χ1v) is 5.73. The van der Waals surface area contributed by atoms with E-state index in [2.05, 4.69) is 6.92 Å². The predicted octanol–water partition coefficient (Wildman–Crippen LogP) is 2.88. The Balaban J connectivity index is 0. The second-order valence-corrected chi connectivity index (χ2v) is 3.60. The third-order valence-corrected chi connectivity index (χ3v) is 2.06. The number of carbonyl (C=O) groups excluding carboxylic acids is 1. The van der Waals surface area contributed by atoms with Crippen molar-refractivity contribution in [2.75, 3.05) is 0 Å². The van der Waals surface area contributed by atoms with Crippen LogP contribution in [0.5, 0.6) is 0 Å². The summed E-state index contributed by atoms with van der Waals surface area (Å²) in [6.45, 7) is 2.15. The molecule has 0 fully saturated rings. The summed E-state index contributed by atoms with van der Waals surface area (Å²) in [5, 5.41) is 8.33. The van der Waals surface area contributed by atoms with Gasteiger partial charge in [0.25, 0.3) is 0 Å². The first-order valence-electron chi connectivity index (χ1n) is 5.73. The maximum atomic E-state index is 10.9. The van der Waals surface area contributed by atoms with Crippen molar-refractivity contribution in [1.82, 2.24) is 0 Å². The molecular formula is C12H20FeO4. The largest absolute Gasteiger partial charge is 0.481 e. The first kappa shape index (κ1) is 18.6. The Kier molecular flexibility index (Phi) is 14.5. The van der Waals surface area contributed by atoms with Gasteiger partial charge in [0, 0.05) is 17.1 Å². The number of allylic oxidation sites excluding steroid dienone is 1. The minimum absolute atomic E-state index is 0. The monoisotopic (exact) mass is 284 g/mol. The molecule has 17 heavy (non-hydrogen) atoms. The fourth-order valence-corrected chi connectivity index (χ4v) is 1.15. The van der Waals surface area contributed by atoms with Crippen LogP contribution in [0.1, 0.15) is 51.9 Å². The summed E-state index contributed by atoms with van der Waals surface area (Å²) in [5.74, 6) is -1.48. The predicted molar refractivity (Wildman–Crippen MR) is 60.9 cm³/mol. The normalized spacial score (nSPS) is 9.94. The number of rotatable bonds is 9. The smallest absolute Gasteiger partial charge is 0.311 e. The number of esters is 1. The minimum Gasteiger partial charge on any atom is -0.481 e. The van der Waals surface area contributed by atoms with Crippen LogP contribution in [0.2, 0.25) is 0 Å². The van der Waals surface area contributed by atoms with E-state index in [1.54, 1.807) is 6.08 Å². The zero-order valence-corrected chi connectivity index (χ0v) is 11.2. The molecule has 1 N–H and O–H groups in total. The molecule has 0 saturated heterocycles. The number of aliphatic carboxylic acids is 1. The Morgan fingerprint density at radius 1 is 1.18 bits per heavy atom. The van der Waals surface area contributed by atoms with Crippen molar-refractivity contribution in [2.45, 2.75) is 51.9 Å². The Labute approximate surface area is 113 Å². The molecule has 100 valence electrons. The van der Waals surface area contributed by atoms with Crippen LogP contribution in [0, 0.1) is 0 Å². The van der Waals surface area contributed by atoms with Crippen LogP contribution < -0.4 is 0 Å². The number of carboxylic acids is 1. The molecule has 0 atom stereocenters. The molecule has 0 amide bonds. The van der Waals surface area contributed by atoms with E-state index >= 15 is 0 Å². The van der Waals surface area contributed by atoms with Crippen molar-refractivity contribution in [2.24, 2.45) is 0 Å². The molecular weight excluding hydrogens is 264 g/mol. The Hall–Kier alpha value is -0.801. The number of hydrogen-bond acceptors (Lipinski definition) is 3. The summed E-state index contributed by atoms with van der Waals surface area (Å²) in [6.07, 6.45) is 8.51. The maximum Gasteiger partial charge on any atom is 0.311 e. The molecule has 0 saturated carbocycles. The van der Waals surface area contributed by atoms with Crippen LogP contribution in [0.3, 0.4) is 0 Å². The Bertz CT molecular complexity index is 239.